The number of aromatic amines is 1. The van der Waals surface area contributed by atoms with E-state index in [2.05, 4.69) is 15.5 Å². The highest BCUT2D eigenvalue weighted by molar-refractivity contribution is 6.30. The van der Waals surface area contributed by atoms with Crippen molar-refractivity contribution in [2.24, 2.45) is 0 Å². The molecule has 1 heterocycles. The van der Waals surface area contributed by atoms with Crippen molar-refractivity contribution in [2.75, 3.05) is 0 Å². The van der Waals surface area contributed by atoms with Crippen molar-refractivity contribution in [3.63, 3.8) is 0 Å². The average Bonchev–Trinajstić information content (AvgIpc) is 3.01. The summed E-state index contributed by atoms with van der Waals surface area (Å²) < 4.78 is 43.7. The van der Waals surface area contributed by atoms with Crippen LogP contribution in [0.5, 0.6) is 11.5 Å². The largest absolute Gasteiger partial charge is 0.453 e. The second-order valence-corrected chi connectivity index (χ2v) is 6.74. The highest BCUT2D eigenvalue weighted by Gasteiger charge is 2.29. The minimum absolute atomic E-state index is 0.350. The van der Waals surface area contributed by atoms with E-state index in [1.165, 1.54) is 18.2 Å². The van der Waals surface area contributed by atoms with Gasteiger partial charge in [0.25, 0.3) is 0 Å². The van der Waals surface area contributed by atoms with Crippen molar-refractivity contribution in [3.05, 3.63) is 75.6 Å². The molecule has 3 rings (SSSR count). The van der Waals surface area contributed by atoms with Crippen molar-refractivity contribution < 1.29 is 17.9 Å². The Hall–Kier alpha value is -3.02. The van der Waals surface area contributed by atoms with Crippen LogP contribution < -0.4 is 10.1 Å². The first kappa shape index (κ1) is 20.7. The molecule has 2 aromatic carbocycles. The van der Waals surface area contributed by atoms with E-state index in [-0.39, 0.29) is 0 Å². The molecule has 150 valence electrons. The van der Waals surface area contributed by atoms with Gasteiger partial charge in [-0.2, -0.15) is 23.5 Å². The second kappa shape index (κ2) is 8.55. The molecule has 0 aliphatic heterocycles. The molecule has 0 amide bonds. The van der Waals surface area contributed by atoms with Crippen LogP contribution in [-0.4, -0.2) is 10.2 Å². The highest BCUT2D eigenvalue weighted by Crippen LogP contribution is 2.31. The monoisotopic (exact) mass is 420 g/mol. The molecule has 0 aliphatic rings. The summed E-state index contributed by atoms with van der Waals surface area (Å²) in [6.07, 6.45) is -4.35. The summed E-state index contributed by atoms with van der Waals surface area (Å²) in [5, 5.41) is 19.6. The molecule has 1 aromatic heterocycles. The Bertz CT molecular complexity index is 1040. The molecule has 0 atom stereocenters. The fourth-order valence-electron chi connectivity index (χ4n) is 2.67. The van der Waals surface area contributed by atoms with Gasteiger partial charge in [-0.3, -0.25) is 5.10 Å². The SMILES string of the molecule is Cc1n[nH]c(CNCc2ccc(C(F)(F)F)cc2)c1Oc1cc(Cl)cc(C#N)c1. The van der Waals surface area contributed by atoms with Gasteiger partial charge in [-0.1, -0.05) is 23.7 Å². The molecule has 5 nitrogen and oxygen atoms in total. The van der Waals surface area contributed by atoms with Gasteiger partial charge in [0, 0.05) is 18.1 Å². The number of aromatic nitrogens is 2. The minimum Gasteiger partial charge on any atom is -0.453 e. The van der Waals surface area contributed by atoms with Crippen LogP contribution in [0.2, 0.25) is 5.02 Å². The molecule has 2 N–H and O–H groups in total. The van der Waals surface area contributed by atoms with E-state index in [1.807, 2.05) is 6.07 Å². The molecule has 0 saturated carbocycles. The number of nitrogens with one attached hydrogen (secondary N) is 2. The summed E-state index contributed by atoms with van der Waals surface area (Å²) in [5.74, 6) is 0.901. The normalized spacial score (nSPS) is 11.3. The van der Waals surface area contributed by atoms with Gasteiger partial charge in [-0.15, -0.1) is 0 Å². The predicted molar refractivity (Wildman–Crippen MR) is 102 cm³/mol. The number of alkyl halides is 3. The number of H-pyrrole nitrogens is 1. The summed E-state index contributed by atoms with van der Waals surface area (Å²) in [4.78, 5) is 0. The Morgan fingerprint density at radius 3 is 2.55 bits per heavy atom. The molecule has 0 fully saturated rings. The molecule has 0 unspecified atom stereocenters. The summed E-state index contributed by atoms with van der Waals surface area (Å²) >= 11 is 6.00. The second-order valence-electron chi connectivity index (χ2n) is 6.30. The number of hydrogen-bond acceptors (Lipinski definition) is 4. The Balaban J connectivity index is 1.66. The first-order valence-electron chi connectivity index (χ1n) is 8.55. The van der Waals surface area contributed by atoms with Crippen LogP contribution in [0.25, 0.3) is 0 Å². The highest BCUT2D eigenvalue weighted by atomic mass is 35.5. The van der Waals surface area contributed by atoms with Crippen LogP contribution in [0.3, 0.4) is 0 Å². The van der Waals surface area contributed by atoms with Gasteiger partial charge < -0.3 is 10.1 Å². The Morgan fingerprint density at radius 1 is 1.17 bits per heavy atom. The smallest absolute Gasteiger partial charge is 0.416 e. The van der Waals surface area contributed by atoms with Crippen LogP contribution >= 0.6 is 11.6 Å². The van der Waals surface area contributed by atoms with E-state index in [0.29, 0.717) is 52.1 Å². The number of benzene rings is 2. The molecular formula is C20H16ClF3N4O. The Kier molecular flexibility index (Phi) is 6.11. The molecule has 3 aromatic rings. The fourth-order valence-corrected chi connectivity index (χ4v) is 2.90. The lowest BCUT2D eigenvalue weighted by molar-refractivity contribution is -0.137. The number of ether oxygens (including phenoxy) is 1. The van der Waals surface area contributed by atoms with Crippen molar-refractivity contribution in [1.29, 1.82) is 5.26 Å². The Labute approximate surface area is 170 Å². The number of halogens is 4. The zero-order chi connectivity index (χ0) is 21.0. The van der Waals surface area contributed by atoms with Crippen LogP contribution in [0, 0.1) is 18.3 Å². The topological polar surface area (TPSA) is 73.7 Å². The summed E-state index contributed by atoms with van der Waals surface area (Å²) in [5.41, 5.74) is 1.68. The third-order valence-electron chi connectivity index (χ3n) is 4.09. The summed E-state index contributed by atoms with van der Waals surface area (Å²) in [7, 11) is 0. The summed E-state index contributed by atoms with van der Waals surface area (Å²) in [6, 6.07) is 11.7. The van der Waals surface area contributed by atoms with E-state index < -0.39 is 11.7 Å². The van der Waals surface area contributed by atoms with Gasteiger partial charge in [-0.25, -0.2) is 0 Å². The predicted octanol–water partition coefficient (Wildman–Crippen LogP) is 5.34. The maximum Gasteiger partial charge on any atom is 0.416 e. The van der Waals surface area contributed by atoms with Gasteiger partial charge in [0.1, 0.15) is 11.4 Å². The fraction of sp³-hybridized carbons (Fsp3) is 0.200. The van der Waals surface area contributed by atoms with E-state index >= 15 is 0 Å². The van der Waals surface area contributed by atoms with Crippen molar-refractivity contribution in [3.8, 4) is 17.6 Å². The van der Waals surface area contributed by atoms with Crippen LogP contribution in [0.1, 0.15) is 28.1 Å². The maximum absolute atomic E-state index is 12.6. The van der Waals surface area contributed by atoms with Crippen LogP contribution in [-0.2, 0) is 19.3 Å². The Morgan fingerprint density at radius 2 is 1.90 bits per heavy atom. The first-order chi connectivity index (χ1) is 13.8. The zero-order valence-electron chi connectivity index (χ0n) is 15.3. The number of aryl methyl sites for hydroxylation is 1. The minimum atomic E-state index is -4.35. The molecule has 0 spiro atoms. The summed E-state index contributed by atoms with van der Waals surface area (Å²) in [6.45, 7) is 2.48. The molecule has 0 radical (unpaired) electrons. The quantitative estimate of drug-likeness (QED) is 0.564. The van der Waals surface area contributed by atoms with Crippen molar-refractivity contribution >= 4 is 11.6 Å². The van der Waals surface area contributed by atoms with Gasteiger partial charge in [0.05, 0.1) is 22.9 Å². The van der Waals surface area contributed by atoms with E-state index in [9.17, 15) is 13.2 Å². The van der Waals surface area contributed by atoms with Crippen molar-refractivity contribution in [2.45, 2.75) is 26.2 Å². The van der Waals surface area contributed by atoms with Crippen LogP contribution in [0.15, 0.2) is 42.5 Å². The molecule has 0 saturated heterocycles. The first-order valence-corrected chi connectivity index (χ1v) is 8.93. The average molecular weight is 421 g/mol. The molecular weight excluding hydrogens is 405 g/mol. The van der Waals surface area contributed by atoms with Gasteiger partial charge in [0.2, 0.25) is 0 Å². The lowest BCUT2D eigenvalue weighted by atomic mass is 10.1. The van der Waals surface area contributed by atoms with Gasteiger partial charge in [-0.05, 0) is 42.8 Å². The molecule has 0 bridgehead atoms. The third kappa shape index (κ3) is 5.28. The van der Waals surface area contributed by atoms with E-state index in [1.54, 1.807) is 19.1 Å². The maximum atomic E-state index is 12.6. The lowest BCUT2D eigenvalue weighted by Gasteiger charge is -2.10. The van der Waals surface area contributed by atoms with Gasteiger partial charge in [0.15, 0.2) is 5.75 Å². The zero-order valence-corrected chi connectivity index (χ0v) is 16.0. The standard InChI is InChI=1S/C20H16ClF3N4O/c1-12-19(29-17-7-14(9-25)6-16(21)8-17)18(28-27-12)11-26-10-13-2-4-15(5-3-13)20(22,23)24/h2-8,26H,10-11H2,1H3,(H,27,28). The van der Waals surface area contributed by atoms with E-state index in [0.717, 1.165) is 12.1 Å². The lowest BCUT2D eigenvalue weighted by Crippen LogP contribution is -2.14. The number of rotatable bonds is 6. The van der Waals surface area contributed by atoms with Crippen molar-refractivity contribution in [1.82, 2.24) is 15.5 Å². The molecule has 0 aliphatic carbocycles. The molecule has 29 heavy (non-hydrogen) atoms. The van der Waals surface area contributed by atoms with E-state index in [4.69, 9.17) is 21.6 Å². The number of nitriles is 1. The molecule has 9 heteroatoms. The van der Waals surface area contributed by atoms with Crippen LogP contribution in [0.4, 0.5) is 13.2 Å². The van der Waals surface area contributed by atoms with Gasteiger partial charge >= 0.3 is 6.18 Å². The third-order valence-corrected chi connectivity index (χ3v) is 4.31. The number of nitrogens with zero attached hydrogens (tertiary/aromatic N) is 2. The number of hydrogen-bond donors (Lipinski definition) is 2.